The van der Waals surface area contributed by atoms with Gasteiger partial charge < -0.3 is 4.57 Å². The number of rotatable bonds is 1. The zero-order valence-corrected chi connectivity index (χ0v) is 6.74. The Labute approximate surface area is 69.0 Å². The molecule has 0 spiro atoms. The van der Waals surface area contributed by atoms with Crippen LogP contribution in [-0.2, 0) is 7.05 Å². The van der Waals surface area contributed by atoms with Crippen molar-refractivity contribution in [1.29, 1.82) is 5.26 Å². The Morgan fingerprint density at radius 3 is 2.67 bits per heavy atom. The summed E-state index contributed by atoms with van der Waals surface area (Å²) >= 11 is 0. The molecule has 0 amide bonds. The lowest BCUT2D eigenvalue weighted by atomic mass is 10.4. The van der Waals surface area contributed by atoms with Gasteiger partial charge in [-0.05, 0) is 6.92 Å². The minimum absolute atomic E-state index is 0.0949. The second kappa shape index (κ2) is 2.66. The molecule has 1 heterocycles. The standard InChI is InChI=1S/C7H7N3O2/c1-5-3-6(10(11)12)7(4-8)9(5)2/h3H,1-2H3. The van der Waals surface area contributed by atoms with Crippen molar-refractivity contribution in [2.75, 3.05) is 0 Å². The minimum atomic E-state index is -0.550. The molecule has 5 nitrogen and oxygen atoms in total. The first-order chi connectivity index (χ1) is 5.57. The molecule has 5 heteroatoms. The highest BCUT2D eigenvalue weighted by Gasteiger charge is 2.18. The summed E-state index contributed by atoms with van der Waals surface area (Å²) in [4.78, 5) is 9.84. The molecular formula is C7H7N3O2. The highest BCUT2D eigenvalue weighted by molar-refractivity contribution is 5.47. The van der Waals surface area contributed by atoms with Crippen LogP contribution >= 0.6 is 0 Å². The number of aryl methyl sites for hydroxylation is 1. The van der Waals surface area contributed by atoms with E-state index in [4.69, 9.17) is 5.26 Å². The van der Waals surface area contributed by atoms with Crippen molar-refractivity contribution in [3.05, 3.63) is 27.6 Å². The van der Waals surface area contributed by atoms with Gasteiger partial charge in [0.05, 0.1) is 4.92 Å². The molecule has 62 valence electrons. The predicted octanol–water partition coefficient (Wildman–Crippen LogP) is 1.11. The fourth-order valence-corrected chi connectivity index (χ4v) is 0.983. The molecule has 1 aromatic rings. The van der Waals surface area contributed by atoms with Gasteiger partial charge in [0.25, 0.3) is 0 Å². The molecule has 1 rings (SSSR count). The Kier molecular flexibility index (Phi) is 1.83. The van der Waals surface area contributed by atoms with E-state index < -0.39 is 4.92 Å². The number of hydrogen-bond donors (Lipinski definition) is 0. The Morgan fingerprint density at radius 2 is 2.33 bits per heavy atom. The fraction of sp³-hybridized carbons (Fsp3) is 0.286. The first-order valence-corrected chi connectivity index (χ1v) is 3.28. The SMILES string of the molecule is Cc1cc([N+](=O)[O-])c(C#N)n1C. The van der Waals surface area contributed by atoms with Gasteiger partial charge in [-0.1, -0.05) is 0 Å². The lowest BCUT2D eigenvalue weighted by Gasteiger charge is -1.93. The zero-order chi connectivity index (χ0) is 9.30. The number of hydrogen-bond acceptors (Lipinski definition) is 3. The highest BCUT2D eigenvalue weighted by Crippen LogP contribution is 2.20. The second-order valence-electron chi connectivity index (χ2n) is 2.45. The molecule has 0 bridgehead atoms. The van der Waals surface area contributed by atoms with Crippen molar-refractivity contribution < 1.29 is 4.92 Å². The van der Waals surface area contributed by atoms with Crippen LogP contribution in [0.15, 0.2) is 6.07 Å². The molecule has 0 saturated carbocycles. The summed E-state index contributed by atoms with van der Waals surface area (Å²) in [6.07, 6.45) is 0. The quantitative estimate of drug-likeness (QED) is 0.462. The van der Waals surface area contributed by atoms with E-state index in [0.29, 0.717) is 5.69 Å². The van der Waals surface area contributed by atoms with Gasteiger partial charge in [-0.3, -0.25) is 10.1 Å². The van der Waals surface area contributed by atoms with Gasteiger partial charge >= 0.3 is 5.69 Å². The van der Waals surface area contributed by atoms with E-state index in [9.17, 15) is 10.1 Å². The van der Waals surface area contributed by atoms with Crippen molar-refractivity contribution in [1.82, 2.24) is 4.57 Å². The van der Waals surface area contributed by atoms with E-state index in [1.165, 1.54) is 10.6 Å². The average Bonchev–Trinajstić information content (AvgIpc) is 2.29. The summed E-state index contributed by atoms with van der Waals surface area (Å²) in [5.41, 5.74) is 0.674. The Morgan fingerprint density at radius 1 is 1.75 bits per heavy atom. The maximum absolute atomic E-state index is 10.4. The minimum Gasteiger partial charge on any atom is -0.334 e. The summed E-state index contributed by atoms with van der Waals surface area (Å²) in [5.74, 6) is 0. The zero-order valence-electron chi connectivity index (χ0n) is 6.74. The van der Waals surface area contributed by atoms with Gasteiger partial charge in [0, 0.05) is 18.8 Å². The molecule has 1 aromatic heterocycles. The van der Waals surface area contributed by atoms with Gasteiger partial charge in [-0.15, -0.1) is 0 Å². The molecule has 0 unspecified atom stereocenters. The van der Waals surface area contributed by atoms with Crippen molar-refractivity contribution in [2.45, 2.75) is 6.92 Å². The third-order valence-corrected chi connectivity index (χ3v) is 1.76. The highest BCUT2D eigenvalue weighted by atomic mass is 16.6. The van der Waals surface area contributed by atoms with Crippen LogP contribution in [-0.4, -0.2) is 9.49 Å². The van der Waals surface area contributed by atoms with Gasteiger partial charge in [0.1, 0.15) is 6.07 Å². The lowest BCUT2D eigenvalue weighted by Crippen LogP contribution is -1.96. The average molecular weight is 165 g/mol. The van der Waals surface area contributed by atoms with E-state index in [2.05, 4.69) is 0 Å². The summed E-state index contributed by atoms with van der Waals surface area (Å²) in [5, 5.41) is 19.0. The molecule has 0 aliphatic carbocycles. The molecule has 0 aliphatic heterocycles. The lowest BCUT2D eigenvalue weighted by molar-refractivity contribution is -0.385. The summed E-state index contributed by atoms with van der Waals surface area (Å²) in [6.45, 7) is 1.72. The Bertz CT molecular complexity index is 373. The van der Waals surface area contributed by atoms with Crippen LogP contribution in [0.3, 0.4) is 0 Å². The first kappa shape index (κ1) is 8.27. The van der Waals surface area contributed by atoms with Gasteiger partial charge in [0.15, 0.2) is 5.69 Å². The largest absolute Gasteiger partial charge is 0.334 e. The molecule has 0 fully saturated rings. The first-order valence-electron chi connectivity index (χ1n) is 3.28. The number of nitro groups is 1. The molecular weight excluding hydrogens is 158 g/mol. The van der Waals surface area contributed by atoms with Crippen molar-refractivity contribution in [2.24, 2.45) is 7.05 Å². The smallest absolute Gasteiger partial charge is 0.305 e. The topological polar surface area (TPSA) is 71.9 Å². The molecule has 0 aromatic carbocycles. The van der Waals surface area contributed by atoms with E-state index in [1.54, 1.807) is 20.0 Å². The molecule has 12 heavy (non-hydrogen) atoms. The monoisotopic (exact) mass is 165 g/mol. The molecule has 0 radical (unpaired) electrons. The predicted molar refractivity (Wildman–Crippen MR) is 41.5 cm³/mol. The number of aromatic nitrogens is 1. The van der Waals surface area contributed by atoms with Gasteiger partial charge in [-0.25, -0.2) is 0 Å². The van der Waals surface area contributed by atoms with Crippen molar-refractivity contribution in [3.63, 3.8) is 0 Å². The summed E-state index contributed by atoms with van der Waals surface area (Å²) < 4.78 is 1.50. The van der Waals surface area contributed by atoms with E-state index >= 15 is 0 Å². The van der Waals surface area contributed by atoms with E-state index in [-0.39, 0.29) is 11.4 Å². The van der Waals surface area contributed by atoms with Gasteiger partial charge in [0.2, 0.25) is 0 Å². The van der Waals surface area contributed by atoms with Crippen LogP contribution in [0.2, 0.25) is 0 Å². The third kappa shape index (κ3) is 1.03. The van der Waals surface area contributed by atoms with Crippen LogP contribution in [0.1, 0.15) is 11.4 Å². The van der Waals surface area contributed by atoms with Gasteiger partial charge in [-0.2, -0.15) is 5.26 Å². The van der Waals surface area contributed by atoms with Crippen LogP contribution in [0, 0.1) is 28.4 Å². The van der Waals surface area contributed by atoms with Crippen molar-refractivity contribution >= 4 is 5.69 Å². The normalized spacial score (nSPS) is 9.42. The maximum Gasteiger partial charge on any atom is 0.305 e. The third-order valence-electron chi connectivity index (χ3n) is 1.76. The van der Waals surface area contributed by atoms with E-state index in [1.807, 2.05) is 0 Å². The van der Waals surface area contributed by atoms with E-state index in [0.717, 1.165) is 0 Å². The Hall–Kier alpha value is -1.83. The van der Waals surface area contributed by atoms with Crippen LogP contribution in [0.5, 0.6) is 0 Å². The second-order valence-corrected chi connectivity index (χ2v) is 2.45. The maximum atomic E-state index is 10.4. The fourth-order valence-electron chi connectivity index (χ4n) is 0.983. The molecule has 0 atom stereocenters. The van der Waals surface area contributed by atoms with Crippen LogP contribution in [0.25, 0.3) is 0 Å². The molecule has 0 saturated heterocycles. The van der Waals surface area contributed by atoms with Crippen molar-refractivity contribution in [3.8, 4) is 6.07 Å². The number of nitrogens with zero attached hydrogens (tertiary/aromatic N) is 3. The summed E-state index contributed by atoms with van der Waals surface area (Å²) in [6, 6.07) is 3.17. The van der Waals surface area contributed by atoms with Crippen LogP contribution < -0.4 is 0 Å². The Balaban J connectivity index is 3.42. The molecule has 0 N–H and O–H groups in total. The molecule has 0 aliphatic rings. The number of nitriles is 1. The van der Waals surface area contributed by atoms with Crippen LogP contribution in [0.4, 0.5) is 5.69 Å². The summed E-state index contributed by atoms with van der Waals surface area (Å²) in [7, 11) is 1.63.